The zero-order chi connectivity index (χ0) is 13.4. The highest BCUT2D eigenvalue weighted by molar-refractivity contribution is 5.27. The molecule has 0 saturated heterocycles. The highest BCUT2D eigenvalue weighted by Crippen LogP contribution is 2.16. The van der Waals surface area contributed by atoms with Crippen molar-refractivity contribution >= 4 is 0 Å². The van der Waals surface area contributed by atoms with Gasteiger partial charge in [-0.05, 0) is 44.4 Å². The van der Waals surface area contributed by atoms with E-state index < -0.39 is 6.61 Å². The molecule has 0 spiro atoms. The highest BCUT2D eigenvalue weighted by atomic mass is 19.3. The van der Waals surface area contributed by atoms with Crippen LogP contribution in [0.5, 0.6) is 5.75 Å². The third-order valence-electron chi connectivity index (χ3n) is 2.44. The van der Waals surface area contributed by atoms with Crippen molar-refractivity contribution in [3.05, 3.63) is 29.8 Å². The Labute approximate surface area is 106 Å². The van der Waals surface area contributed by atoms with Gasteiger partial charge in [0.15, 0.2) is 0 Å². The molecule has 1 N–H and O–H groups in total. The van der Waals surface area contributed by atoms with Crippen LogP contribution in [0.4, 0.5) is 8.78 Å². The molecule has 0 heterocycles. The number of hydrogen-bond donors (Lipinski definition) is 1. The second-order valence-corrected chi connectivity index (χ2v) is 4.01. The van der Waals surface area contributed by atoms with Crippen molar-refractivity contribution in [2.24, 2.45) is 0 Å². The number of alkyl halides is 2. The number of hydrogen-bond acceptors (Lipinski definition) is 3. The number of hydroxylamine groups is 1. The van der Waals surface area contributed by atoms with Gasteiger partial charge in [0, 0.05) is 6.04 Å². The molecule has 0 fully saturated rings. The summed E-state index contributed by atoms with van der Waals surface area (Å²) in [6, 6.07) is 6.96. The molecule has 0 aliphatic heterocycles. The molecule has 0 bridgehead atoms. The van der Waals surface area contributed by atoms with E-state index in [1.165, 1.54) is 0 Å². The summed E-state index contributed by atoms with van der Waals surface area (Å²) in [5, 5.41) is 0. The molecule has 102 valence electrons. The topological polar surface area (TPSA) is 30.5 Å². The number of ether oxygens (including phenoxy) is 1. The number of nitrogens with one attached hydrogen (secondary N) is 1. The Morgan fingerprint density at radius 1 is 1.22 bits per heavy atom. The molecule has 1 atom stereocenters. The fourth-order valence-electron chi connectivity index (χ4n) is 1.51. The summed E-state index contributed by atoms with van der Waals surface area (Å²) < 4.78 is 28.2. The lowest BCUT2D eigenvalue weighted by atomic mass is 10.1. The Bertz CT molecular complexity index is 330. The summed E-state index contributed by atoms with van der Waals surface area (Å²) in [5.74, 6) is 0.189. The Morgan fingerprint density at radius 2 is 1.89 bits per heavy atom. The summed E-state index contributed by atoms with van der Waals surface area (Å²) in [4.78, 5) is 5.09. The number of halogens is 2. The molecule has 1 rings (SSSR count). The van der Waals surface area contributed by atoms with Crippen molar-refractivity contribution in [3.63, 3.8) is 0 Å². The lowest BCUT2D eigenvalue weighted by Gasteiger charge is -2.12. The fraction of sp³-hybridized carbons (Fsp3) is 0.538. The van der Waals surface area contributed by atoms with Crippen LogP contribution in [0.1, 0.15) is 25.8 Å². The van der Waals surface area contributed by atoms with Gasteiger partial charge in [-0.2, -0.15) is 14.3 Å². The molecule has 5 heteroatoms. The normalized spacial score (nSPS) is 12.7. The van der Waals surface area contributed by atoms with Crippen LogP contribution in [0.15, 0.2) is 24.3 Å². The van der Waals surface area contributed by atoms with Crippen molar-refractivity contribution in [1.29, 1.82) is 0 Å². The van der Waals surface area contributed by atoms with E-state index in [2.05, 4.69) is 10.2 Å². The summed E-state index contributed by atoms with van der Waals surface area (Å²) in [6.07, 6.45) is 1.77. The number of benzene rings is 1. The van der Waals surface area contributed by atoms with Crippen LogP contribution in [0, 0.1) is 0 Å². The van der Waals surface area contributed by atoms with Gasteiger partial charge >= 0.3 is 6.61 Å². The maximum absolute atomic E-state index is 11.9. The maximum Gasteiger partial charge on any atom is 0.387 e. The molecule has 0 radical (unpaired) electrons. The first kappa shape index (κ1) is 14.9. The predicted octanol–water partition coefficient (Wildman–Crippen LogP) is 3.15. The van der Waals surface area contributed by atoms with E-state index in [9.17, 15) is 8.78 Å². The molecular weight excluding hydrogens is 240 g/mol. The quantitative estimate of drug-likeness (QED) is 0.727. The van der Waals surface area contributed by atoms with Crippen LogP contribution >= 0.6 is 0 Å². The van der Waals surface area contributed by atoms with E-state index in [-0.39, 0.29) is 11.8 Å². The average Bonchev–Trinajstić information content (AvgIpc) is 2.35. The van der Waals surface area contributed by atoms with Gasteiger partial charge in [0.2, 0.25) is 0 Å². The van der Waals surface area contributed by atoms with Crippen molar-refractivity contribution < 1.29 is 18.4 Å². The molecule has 1 aromatic rings. The van der Waals surface area contributed by atoms with E-state index >= 15 is 0 Å². The number of aryl methyl sites for hydroxylation is 1. The van der Waals surface area contributed by atoms with E-state index in [1.807, 2.05) is 13.8 Å². The standard InChI is InChI=1S/C13H19F2NO2/c1-3-17-16-10(2)4-5-11-6-8-12(9-7-11)18-13(14)15/h6-10,13,16H,3-5H2,1-2H3. The Kier molecular flexibility index (Phi) is 6.60. The first-order valence-corrected chi connectivity index (χ1v) is 6.03. The van der Waals surface area contributed by atoms with E-state index in [0.29, 0.717) is 6.61 Å². The zero-order valence-corrected chi connectivity index (χ0v) is 10.7. The van der Waals surface area contributed by atoms with Gasteiger partial charge in [-0.1, -0.05) is 12.1 Å². The molecule has 0 aromatic heterocycles. The van der Waals surface area contributed by atoms with Crippen LogP contribution < -0.4 is 10.2 Å². The summed E-state index contributed by atoms with van der Waals surface area (Å²) >= 11 is 0. The van der Waals surface area contributed by atoms with Gasteiger partial charge in [0.25, 0.3) is 0 Å². The summed E-state index contributed by atoms with van der Waals surface area (Å²) in [7, 11) is 0. The molecule has 0 saturated carbocycles. The molecule has 0 aliphatic rings. The lowest BCUT2D eigenvalue weighted by Crippen LogP contribution is -2.26. The lowest BCUT2D eigenvalue weighted by molar-refractivity contribution is -0.0498. The molecule has 1 aromatic carbocycles. The van der Waals surface area contributed by atoms with Crippen LogP contribution in [0.2, 0.25) is 0 Å². The van der Waals surface area contributed by atoms with E-state index in [1.54, 1.807) is 24.3 Å². The van der Waals surface area contributed by atoms with Crippen LogP contribution in [0.3, 0.4) is 0 Å². The van der Waals surface area contributed by atoms with Gasteiger partial charge in [-0.25, -0.2) is 0 Å². The molecule has 1 unspecified atom stereocenters. The third kappa shape index (κ3) is 5.93. The third-order valence-corrected chi connectivity index (χ3v) is 2.44. The zero-order valence-electron chi connectivity index (χ0n) is 10.7. The van der Waals surface area contributed by atoms with E-state index in [0.717, 1.165) is 18.4 Å². The van der Waals surface area contributed by atoms with Crippen molar-refractivity contribution in [1.82, 2.24) is 5.48 Å². The van der Waals surface area contributed by atoms with Gasteiger partial charge in [-0.15, -0.1) is 0 Å². The Hall–Kier alpha value is -1.20. The average molecular weight is 259 g/mol. The second-order valence-electron chi connectivity index (χ2n) is 4.01. The molecule has 3 nitrogen and oxygen atoms in total. The molecule has 0 amide bonds. The Morgan fingerprint density at radius 3 is 2.44 bits per heavy atom. The molecule has 0 aliphatic carbocycles. The smallest absolute Gasteiger partial charge is 0.387 e. The van der Waals surface area contributed by atoms with Crippen molar-refractivity contribution in [2.45, 2.75) is 39.3 Å². The first-order chi connectivity index (χ1) is 8.61. The van der Waals surface area contributed by atoms with Gasteiger partial charge < -0.3 is 9.57 Å². The van der Waals surface area contributed by atoms with E-state index in [4.69, 9.17) is 4.84 Å². The predicted molar refractivity (Wildman–Crippen MR) is 65.6 cm³/mol. The van der Waals surface area contributed by atoms with Crippen molar-refractivity contribution in [3.8, 4) is 5.75 Å². The SMILES string of the molecule is CCONC(C)CCc1ccc(OC(F)F)cc1. The monoisotopic (exact) mass is 259 g/mol. The minimum Gasteiger partial charge on any atom is -0.435 e. The van der Waals surface area contributed by atoms with Gasteiger partial charge in [0.1, 0.15) is 5.75 Å². The molecule has 18 heavy (non-hydrogen) atoms. The largest absolute Gasteiger partial charge is 0.435 e. The van der Waals surface area contributed by atoms with Gasteiger partial charge in [-0.3, -0.25) is 0 Å². The Balaban J connectivity index is 2.34. The van der Waals surface area contributed by atoms with Crippen LogP contribution in [-0.4, -0.2) is 19.3 Å². The van der Waals surface area contributed by atoms with Crippen molar-refractivity contribution in [2.75, 3.05) is 6.61 Å². The summed E-state index contributed by atoms with van der Waals surface area (Å²) in [5.41, 5.74) is 4.00. The fourth-order valence-corrected chi connectivity index (χ4v) is 1.51. The van der Waals surface area contributed by atoms with Crippen LogP contribution in [0.25, 0.3) is 0 Å². The number of rotatable bonds is 8. The minimum absolute atomic E-state index is 0.189. The summed E-state index contributed by atoms with van der Waals surface area (Å²) in [6.45, 7) is 1.81. The highest BCUT2D eigenvalue weighted by Gasteiger charge is 2.05. The maximum atomic E-state index is 11.9. The van der Waals surface area contributed by atoms with Crippen LogP contribution in [-0.2, 0) is 11.3 Å². The minimum atomic E-state index is -2.77. The second kappa shape index (κ2) is 8.00. The molecular formula is C13H19F2NO2. The first-order valence-electron chi connectivity index (χ1n) is 6.03. The van der Waals surface area contributed by atoms with Gasteiger partial charge in [0.05, 0.1) is 6.61 Å².